The lowest BCUT2D eigenvalue weighted by atomic mass is 10.1. The van der Waals surface area contributed by atoms with Gasteiger partial charge in [-0.25, -0.2) is 18.4 Å². The van der Waals surface area contributed by atoms with Crippen LogP contribution in [-0.4, -0.2) is 53.9 Å². The van der Waals surface area contributed by atoms with Gasteiger partial charge in [0, 0.05) is 55.4 Å². The predicted octanol–water partition coefficient (Wildman–Crippen LogP) is 4.14. The minimum atomic E-state index is -3.55. The lowest BCUT2D eigenvalue weighted by Crippen LogP contribution is -2.49. The third-order valence-corrected chi connectivity index (χ3v) is 9.02. The molecule has 0 bridgehead atoms. The molecule has 0 unspecified atom stereocenters. The molecule has 33 heavy (non-hydrogen) atoms. The Labute approximate surface area is 196 Å². The highest BCUT2D eigenvalue weighted by atomic mass is 32.2. The number of pyridine rings is 1. The Kier molecular flexibility index (Phi) is 5.12. The molecule has 1 aromatic carbocycles. The third-order valence-electron chi connectivity index (χ3n) is 6.27. The van der Waals surface area contributed by atoms with Crippen molar-refractivity contribution in [3.05, 3.63) is 66.1 Å². The summed E-state index contributed by atoms with van der Waals surface area (Å²) in [6, 6.07) is 13.6. The Bertz CT molecular complexity index is 1400. The number of piperazine rings is 1. The minimum Gasteiger partial charge on any atom is -0.353 e. The normalized spacial score (nSPS) is 17.5. The summed E-state index contributed by atoms with van der Waals surface area (Å²) in [5.41, 5.74) is 2.28. The molecule has 7 nitrogen and oxygen atoms in total. The Morgan fingerprint density at radius 2 is 1.73 bits per heavy atom. The third kappa shape index (κ3) is 3.80. The van der Waals surface area contributed by atoms with Crippen molar-refractivity contribution in [2.75, 3.05) is 31.1 Å². The van der Waals surface area contributed by atoms with Crippen molar-refractivity contribution in [3.8, 4) is 11.1 Å². The van der Waals surface area contributed by atoms with E-state index in [9.17, 15) is 8.42 Å². The first-order valence-electron chi connectivity index (χ1n) is 11.1. The zero-order chi connectivity index (χ0) is 22.4. The molecule has 1 aliphatic carbocycles. The molecule has 6 rings (SSSR count). The highest BCUT2D eigenvalue weighted by Crippen LogP contribution is 2.43. The van der Waals surface area contributed by atoms with Gasteiger partial charge in [0.2, 0.25) is 10.0 Å². The smallest absolute Gasteiger partial charge is 0.244 e. The van der Waals surface area contributed by atoms with Gasteiger partial charge in [0.15, 0.2) is 0 Å². The number of hydrogen-bond donors (Lipinski definition) is 0. The fourth-order valence-corrected chi connectivity index (χ4v) is 6.65. The highest BCUT2D eigenvalue weighted by Gasteiger charge is 2.33. The first kappa shape index (κ1) is 20.7. The summed E-state index contributed by atoms with van der Waals surface area (Å²) in [6.07, 6.45) is 5.27. The molecule has 0 spiro atoms. The first-order chi connectivity index (χ1) is 16.1. The molecule has 9 heteroatoms. The van der Waals surface area contributed by atoms with Gasteiger partial charge in [0.25, 0.3) is 0 Å². The van der Waals surface area contributed by atoms with Crippen molar-refractivity contribution in [2.45, 2.75) is 23.7 Å². The fourth-order valence-electron chi connectivity index (χ4n) is 4.31. The molecule has 2 fully saturated rings. The van der Waals surface area contributed by atoms with Gasteiger partial charge in [0.05, 0.1) is 5.39 Å². The molecule has 1 aliphatic heterocycles. The Balaban J connectivity index is 1.35. The summed E-state index contributed by atoms with van der Waals surface area (Å²) in [6.45, 7) is 1.98. The molecule has 1 saturated carbocycles. The predicted molar refractivity (Wildman–Crippen MR) is 130 cm³/mol. The van der Waals surface area contributed by atoms with E-state index in [-0.39, 0.29) is 4.90 Å². The van der Waals surface area contributed by atoms with E-state index in [0.717, 1.165) is 45.8 Å². The van der Waals surface area contributed by atoms with Crippen molar-refractivity contribution in [1.82, 2.24) is 19.3 Å². The second-order valence-electron chi connectivity index (χ2n) is 8.46. The molecular formula is C24H23N5O2S2. The molecule has 4 heterocycles. The average molecular weight is 478 g/mol. The monoisotopic (exact) mass is 477 g/mol. The summed E-state index contributed by atoms with van der Waals surface area (Å²) in [4.78, 5) is 17.4. The van der Waals surface area contributed by atoms with E-state index >= 15 is 0 Å². The maximum Gasteiger partial charge on any atom is 0.244 e. The number of rotatable bonds is 5. The standard InChI is InChI=1S/C24H23N5O2S2/c30-33(31,19-7-4-10-25-15-19)29-13-11-28(12-14-29)23-21-20(17-5-2-1-3-6-17)16-32-24(21)27-22(26-23)18-8-9-18/h1-7,10,15-16,18H,8-9,11-14H2. The average Bonchev–Trinajstić information content (AvgIpc) is 3.63. The number of nitrogens with zero attached hydrogens (tertiary/aromatic N) is 5. The van der Waals surface area contributed by atoms with Crippen molar-refractivity contribution in [2.24, 2.45) is 0 Å². The van der Waals surface area contributed by atoms with Crippen LogP contribution < -0.4 is 4.90 Å². The van der Waals surface area contributed by atoms with Crippen LogP contribution >= 0.6 is 11.3 Å². The lowest BCUT2D eigenvalue weighted by Gasteiger charge is -2.35. The zero-order valence-corrected chi connectivity index (χ0v) is 19.6. The van der Waals surface area contributed by atoms with E-state index in [2.05, 4.69) is 27.4 Å². The summed E-state index contributed by atoms with van der Waals surface area (Å²) < 4.78 is 27.6. The summed E-state index contributed by atoms with van der Waals surface area (Å²) in [5.74, 6) is 2.30. The van der Waals surface area contributed by atoms with Crippen molar-refractivity contribution in [1.29, 1.82) is 0 Å². The van der Waals surface area contributed by atoms with Crippen LogP contribution in [0.3, 0.4) is 0 Å². The number of hydrogen-bond acceptors (Lipinski definition) is 7. The molecule has 168 valence electrons. The van der Waals surface area contributed by atoms with E-state index < -0.39 is 10.0 Å². The number of anilines is 1. The molecule has 4 aromatic rings. The molecule has 0 amide bonds. The van der Waals surface area contributed by atoms with Crippen LogP contribution in [0.15, 0.2) is 65.1 Å². The van der Waals surface area contributed by atoms with E-state index in [1.807, 2.05) is 18.2 Å². The number of thiophene rings is 1. The van der Waals surface area contributed by atoms with E-state index in [0.29, 0.717) is 32.1 Å². The molecule has 2 aliphatic rings. The number of sulfonamides is 1. The molecule has 1 saturated heterocycles. The van der Waals surface area contributed by atoms with Gasteiger partial charge in [-0.1, -0.05) is 30.3 Å². The van der Waals surface area contributed by atoms with E-state index in [1.54, 1.807) is 34.0 Å². The van der Waals surface area contributed by atoms with Crippen LogP contribution in [0.25, 0.3) is 21.3 Å². The minimum absolute atomic E-state index is 0.239. The van der Waals surface area contributed by atoms with Crippen molar-refractivity contribution >= 4 is 37.4 Å². The van der Waals surface area contributed by atoms with Crippen LogP contribution in [0, 0.1) is 0 Å². The number of aromatic nitrogens is 3. The maximum atomic E-state index is 13.0. The molecule has 0 radical (unpaired) electrons. The van der Waals surface area contributed by atoms with Gasteiger partial charge < -0.3 is 4.90 Å². The summed E-state index contributed by atoms with van der Waals surface area (Å²) in [7, 11) is -3.55. The molecular weight excluding hydrogens is 454 g/mol. The van der Waals surface area contributed by atoms with Gasteiger partial charge in [0.1, 0.15) is 21.4 Å². The molecule has 0 N–H and O–H groups in total. The summed E-state index contributed by atoms with van der Waals surface area (Å²) in [5, 5.41) is 3.23. The van der Waals surface area contributed by atoms with E-state index in [4.69, 9.17) is 9.97 Å². The first-order valence-corrected chi connectivity index (χ1v) is 13.4. The number of fused-ring (bicyclic) bond motifs is 1. The van der Waals surface area contributed by atoms with Gasteiger partial charge in [-0.15, -0.1) is 11.3 Å². The second-order valence-corrected chi connectivity index (χ2v) is 11.3. The number of benzene rings is 1. The highest BCUT2D eigenvalue weighted by molar-refractivity contribution is 7.89. The van der Waals surface area contributed by atoms with Crippen LogP contribution in [0.2, 0.25) is 0 Å². The molecule has 3 aromatic heterocycles. The zero-order valence-electron chi connectivity index (χ0n) is 18.0. The Morgan fingerprint density at radius 3 is 2.42 bits per heavy atom. The topological polar surface area (TPSA) is 79.3 Å². The van der Waals surface area contributed by atoms with Crippen LogP contribution in [-0.2, 0) is 10.0 Å². The Morgan fingerprint density at radius 1 is 0.939 bits per heavy atom. The Hall–Kier alpha value is -2.88. The largest absolute Gasteiger partial charge is 0.353 e. The lowest BCUT2D eigenvalue weighted by molar-refractivity contribution is 0.384. The van der Waals surface area contributed by atoms with Gasteiger partial charge in [-0.2, -0.15) is 4.31 Å². The van der Waals surface area contributed by atoms with Crippen LogP contribution in [0.4, 0.5) is 5.82 Å². The van der Waals surface area contributed by atoms with Gasteiger partial charge in [-0.05, 0) is 30.5 Å². The van der Waals surface area contributed by atoms with Crippen molar-refractivity contribution < 1.29 is 8.42 Å². The second kappa shape index (κ2) is 8.16. The quantitative estimate of drug-likeness (QED) is 0.430. The van der Waals surface area contributed by atoms with Crippen LogP contribution in [0.5, 0.6) is 0 Å². The maximum absolute atomic E-state index is 13.0. The van der Waals surface area contributed by atoms with Gasteiger partial charge >= 0.3 is 0 Å². The van der Waals surface area contributed by atoms with E-state index in [1.165, 1.54) is 6.20 Å². The van der Waals surface area contributed by atoms with Crippen LogP contribution in [0.1, 0.15) is 24.6 Å². The summed E-state index contributed by atoms with van der Waals surface area (Å²) >= 11 is 1.66. The van der Waals surface area contributed by atoms with Crippen molar-refractivity contribution in [3.63, 3.8) is 0 Å². The molecule has 0 atom stereocenters. The van der Waals surface area contributed by atoms with Gasteiger partial charge in [-0.3, -0.25) is 4.98 Å². The SMILES string of the molecule is O=S(=O)(c1cccnc1)N1CCN(c2nc(C3CC3)nc3scc(-c4ccccc4)c23)CC1. The fraction of sp³-hybridized carbons (Fsp3) is 0.292.